The summed E-state index contributed by atoms with van der Waals surface area (Å²) in [5, 5.41) is 7.72. The fourth-order valence-electron chi connectivity index (χ4n) is 1.09. The van der Waals surface area contributed by atoms with Crippen LogP contribution >= 0.6 is 11.6 Å². The van der Waals surface area contributed by atoms with Crippen LogP contribution in [0.1, 0.15) is 13.3 Å². The average molecular weight is 294 g/mol. The number of nitrogens with one attached hydrogen (secondary N) is 4. The van der Waals surface area contributed by atoms with Crippen LogP contribution in [0.4, 0.5) is 0 Å². The van der Waals surface area contributed by atoms with Crippen LogP contribution in [0.5, 0.6) is 0 Å². The molecule has 0 saturated carbocycles. The van der Waals surface area contributed by atoms with Gasteiger partial charge in [0.05, 0.1) is 6.20 Å². The molecular weight excluding hydrogens is 277 g/mol. The van der Waals surface area contributed by atoms with Crippen molar-refractivity contribution < 1.29 is 22.3 Å². The van der Waals surface area contributed by atoms with E-state index in [2.05, 4.69) is 28.0 Å². The molecule has 0 aliphatic carbocycles. The molecule has 4 N–H and O–H groups in total. The smallest absolute Gasteiger partial charge is 0.246 e. The predicted molar refractivity (Wildman–Crippen MR) is 66.4 cm³/mol. The maximum Gasteiger partial charge on any atom is 0.246 e. The summed E-state index contributed by atoms with van der Waals surface area (Å²) >= 11 is 5.78. The minimum Gasteiger partial charge on any atom is -1.00 e. The number of rotatable bonds is 6. The number of amides is 1. The summed E-state index contributed by atoms with van der Waals surface area (Å²) in [5.41, 5.74) is 6.40. The van der Waals surface area contributed by atoms with Crippen molar-refractivity contribution in [2.75, 3.05) is 13.1 Å². The number of hydrogen-bond donors (Lipinski definition) is 4. The highest BCUT2D eigenvalue weighted by atomic mass is 35.5. The number of allylic oxidation sites excluding steroid dienone is 1. The first kappa shape index (κ1) is 16.8. The van der Waals surface area contributed by atoms with Crippen LogP contribution in [0.25, 0.3) is 0 Å². The lowest BCUT2D eigenvalue weighted by molar-refractivity contribution is -0.561. The van der Waals surface area contributed by atoms with E-state index in [9.17, 15) is 4.79 Å². The van der Waals surface area contributed by atoms with Crippen molar-refractivity contribution in [2.24, 2.45) is 0 Å². The molecule has 8 heteroatoms. The second kappa shape index (κ2) is 8.79. The fraction of sp³-hybridized carbons (Fsp3) is 0.400. The molecule has 0 fully saturated rings. The van der Waals surface area contributed by atoms with Crippen LogP contribution < -0.4 is 33.8 Å². The zero-order chi connectivity index (χ0) is 12.7. The Balaban J connectivity index is 0.00000289. The van der Waals surface area contributed by atoms with Crippen LogP contribution in [0.15, 0.2) is 23.4 Å². The molecule has 6 nitrogen and oxygen atoms in total. The Labute approximate surface area is 117 Å². The van der Waals surface area contributed by atoms with E-state index in [0.29, 0.717) is 23.7 Å². The van der Waals surface area contributed by atoms with E-state index >= 15 is 0 Å². The van der Waals surface area contributed by atoms with Crippen molar-refractivity contribution in [1.29, 1.82) is 0 Å². The molecular formula is C10H17Cl2N5O. The average Bonchev–Trinajstić information content (AvgIpc) is 2.28. The summed E-state index contributed by atoms with van der Waals surface area (Å²) in [6, 6.07) is 0. The molecule has 0 spiro atoms. The molecule has 0 radical (unpaired) electrons. The van der Waals surface area contributed by atoms with Crippen molar-refractivity contribution in [1.82, 2.24) is 21.4 Å². The largest absolute Gasteiger partial charge is 1.00 e. The van der Waals surface area contributed by atoms with Gasteiger partial charge in [-0.3, -0.25) is 4.79 Å². The number of carbonyl (C=O) groups excluding carboxylic acids is 1. The predicted octanol–water partition coefficient (Wildman–Crippen LogP) is -4.46. The number of hydrazine groups is 3. The number of nitrogens with zero attached hydrogens (tertiary/aromatic N) is 1. The highest BCUT2D eigenvalue weighted by Gasteiger charge is 2.06. The van der Waals surface area contributed by atoms with Gasteiger partial charge in [-0.2, -0.15) is 5.12 Å². The van der Waals surface area contributed by atoms with E-state index in [1.54, 1.807) is 24.5 Å². The third kappa shape index (κ3) is 6.48. The van der Waals surface area contributed by atoms with Crippen molar-refractivity contribution in [2.45, 2.75) is 13.3 Å². The molecule has 1 amide bonds. The lowest BCUT2D eigenvalue weighted by Gasteiger charge is -2.18. The van der Waals surface area contributed by atoms with Gasteiger partial charge in [-0.15, -0.1) is 5.10 Å². The molecule has 1 aliphatic heterocycles. The first-order valence-electron chi connectivity index (χ1n) is 5.28. The highest BCUT2D eigenvalue weighted by molar-refractivity contribution is 6.38. The number of hydrazone groups is 1. The fourth-order valence-corrected chi connectivity index (χ4v) is 1.24. The van der Waals surface area contributed by atoms with Crippen LogP contribution in [-0.4, -0.2) is 30.3 Å². The third-order valence-electron chi connectivity index (χ3n) is 1.96. The lowest BCUT2D eigenvalue weighted by atomic mass is 10.3. The lowest BCUT2D eigenvalue weighted by Crippen LogP contribution is -3.00. The molecule has 0 aromatic rings. The Hall–Kier alpha value is -1.24. The molecule has 1 heterocycles. The first-order chi connectivity index (χ1) is 8.09. The molecule has 1 rings (SSSR count). The monoisotopic (exact) mass is 293 g/mol. The Kier molecular flexibility index (Phi) is 8.19. The van der Waals surface area contributed by atoms with E-state index in [-0.39, 0.29) is 18.3 Å². The zero-order valence-corrected chi connectivity index (χ0v) is 11.6. The van der Waals surface area contributed by atoms with Gasteiger partial charge < -0.3 is 17.7 Å². The summed E-state index contributed by atoms with van der Waals surface area (Å²) in [6.45, 7) is 6.54. The summed E-state index contributed by atoms with van der Waals surface area (Å²) < 4.78 is 0. The van der Waals surface area contributed by atoms with Gasteiger partial charge in [0.15, 0.2) is 0 Å². The number of hydrogen-bond acceptors (Lipinski definition) is 4. The topological polar surface area (TPSA) is 70.4 Å². The Morgan fingerprint density at radius 2 is 2.33 bits per heavy atom. The maximum absolute atomic E-state index is 11.2. The van der Waals surface area contributed by atoms with Crippen LogP contribution in [0.3, 0.4) is 0 Å². The van der Waals surface area contributed by atoms with Crippen molar-refractivity contribution >= 4 is 23.7 Å². The SMILES string of the molecule is C=C(C)C(=O)NCCCNN1C=C(Cl)C=[NH+]N1.[Cl-]. The Morgan fingerprint density at radius 3 is 2.94 bits per heavy atom. The van der Waals surface area contributed by atoms with Gasteiger partial charge in [0.25, 0.3) is 0 Å². The molecule has 0 unspecified atom stereocenters. The standard InChI is InChI=1S/C10H16ClN5O.ClH/c1-8(2)10(17)12-4-3-5-14-16-7-9(11)6-13-15-16;/h6-7,14-15H,1,3-5H2,2H3,(H,12,17);1H. The van der Waals surface area contributed by atoms with Crippen LogP contribution in [0, 0.1) is 0 Å². The summed E-state index contributed by atoms with van der Waals surface area (Å²) in [6.07, 6.45) is 4.13. The van der Waals surface area contributed by atoms with Gasteiger partial charge in [0.2, 0.25) is 12.1 Å². The molecule has 1 aliphatic rings. The van der Waals surface area contributed by atoms with Crippen LogP contribution in [0.2, 0.25) is 0 Å². The van der Waals surface area contributed by atoms with Crippen molar-refractivity contribution in [3.63, 3.8) is 0 Å². The Bertz CT molecular complexity index is 356. The van der Waals surface area contributed by atoms with Gasteiger partial charge in [-0.25, -0.2) is 5.43 Å². The van der Waals surface area contributed by atoms with E-state index < -0.39 is 0 Å². The van der Waals surface area contributed by atoms with Gasteiger partial charge in [0.1, 0.15) is 5.03 Å². The van der Waals surface area contributed by atoms with E-state index in [1.165, 1.54) is 0 Å². The van der Waals surface area contributed by atoms with E-state index in [4.69, 9.17) is 11.6 Å². The molecule has 0 bridgehead atoms. The first-order valence-corrected chi connectivity index (χ1v) is 5.65. The Morgan fingerprint density at radius 1 is 1.61 bits per heavy atom. The van der Waals surface area contributed by atoms with Gasteiger partial charge in [0, 0.05) is 18.7 Å². The van der Waals surface area contributed by atoms with Crippen molar-refractivity contribution in [3.05, 3.63) is 23.4 Å². The summed E-state index contributed by atoms with van der Waals surface area (Å²) in [4.78, 5) is 11.2. The summed E-state index contributed by atoms with van der Waals surface area (Å²) in [7, 11) is 0. The quantitative estimate of drug-likeness (QED) is 0.295. The maximum atomic E-state index is 11.2. The second-order valence-electron chi connectivity index (χ2n) is 3.58. The van der Waals surface area contributed by atoms with E-state index in [1.807, 2.05) is 0 Å². The van der Waals surface area contributed by atoms with Gasteiger partial charge >= 0.3 is 0 Å². The molecule has 0 saturated heterocycles. The minimum absolute atomic E-state index is 0. The zero-order valence-electron chi connectivity index (χ0n) is 10.1. The number of halogens is 2. The van der Waals surface area contributed by atoms with Gasteiger partial charge in [-0.1, -0.05) is 23.7 Å². The van der Waals surface area contributed by atoms with Gasteiger partial charge in [-0.05, 0) is 13.3 Å². The molecule has 0 atom stereocenters. The van der Waals surface area contributed by atoms with Crippen LogP contribution in [-0.2, 0) is 4.79 Å². The van der Waals surface area contributed by atoms with Crippen molar-refractivity contribution in [3.8, 4) is 0 Å². The van der Waals surface area contributed by atoms with E-state index in [0.717, 1.165) is 6.42 Å². The second-order valence-corrected chi connectivity index (χ2v) is 4.02. The third-order valence-corrected chi connectivity index (χ3v) is 2.16. The number of carbonyl (C=O) groups is 1. The summed E-state index contributed by atoms with van der Waals surface area (Å²) in [5.74, 6) is -0.111. The molecule has 18 heavy (non-hydrogen) atoms. The normalized spacial score (nSPS) is 13.2. The molecule has 102 valence electrons. The minimum atomic E-state index is -0.111. The molecule has 0 aromatic heterocycles. The highest BCUT2D eigenvalue weighted by Crippen LogP contribution is 1.96. The molecule has 0 aromatic carbocycles.